The van der Waals surface area contributed by atoms with E-state index >= 15 is 0 Å². The van der Waals surface area contributed by atoms with Crippen molar-refractivity contribution in [1.29, 1.82) is 0 Å². The number of esters is 3. The summed E-state index contributed by atoms with van der Waals surface area (Å²) >= 11 is 0. The Hall–Kier alpha value is -2.05. The van der Waals surface area contributed by atoms with Gasteiger partial charge in [-0.05, 0) is 43.4 Å². The van der Waals surface area contributed by atoms with Crippen LogP contribution in [0.25, 0.3) is 0 Å². The van der Waals surface area contributed by atoms with Gasteiger partial charge in [0.25, 0.3) is 0 Å². The Labute approximate surface area is 251 Å². The van der Waals surface area contributed by atoms with Gasteiger partial charge in [-0.1, -0.05) is 26.3 Å². The number of carbonyl (C=O) groups is 3. The summed E-state index contributed by atoms with van der Waals surface area (Å²) in [5, 5.41) is 33.9. The quantitative estimate of drug-likeness (QED) is 0.236. The third kappa shape index (κ3) is 3.87. The van der Waals surface area contributed by atoms with Gasteiger partial charge in [0, 0.05) is 43.4 Å². The summed E-state index contributed by atoms with van der Waals surface area (Å²) in [6, 6.07) is 0. The fourth-order valence-electron chi connectivity index (χ4n) is 11.1. The maximum absolute atomic E-state index is 12.7. The number of fused-ring (bicyclic) bond motifs is 9. The predicted octanol–water partition coefficient (Wildman–Crippen LogP) is 1.44. The molecule has 7 rings (SSSR count). The summed E-state index contributed by atoms with van der Waals surface area (Å²) in [4.78, 5) is 37.7. The molecule has 7 aliphatic rings. The zero-order chi connectivity index (χ0) is 31.0. The standard InChI is InChI=1S/C32H44O11/c1-12-7-20(42-29(37)16(12)11-33)13(2)24-19(36)8-17-23-18(9-22(30(17,24)5)39-14(3)34)31(6)27(40-15(4)35)25-21(41-25)10-32(31,38)28-26(23)43-28/h13,17-28,33,36,38H,7-11H2,1-6H3. The molecular weight excluding hydrogens is 560 g/mol. The Kier molecular flexibility index (Phi) is 6.54. The number of rotatable bonds is 5. The molecule has 0 bridgehead atoms. The third-order valence-electron chi connectivity index (χ3n) is 13.1. The number of aliphatic hydroxyl groups excluding tert-OH is 2. The van der Waals surface area contributed by atoms with Crippen molar-refractivity contribution in [3.05, 3.63) is 11.1 Å². The van der Waals surface area contributed by atoms with Crippen LogP contribution < -0.4 is 0 Å². The Morgan fingerprint density at radius 1 is 1.07 bits per heavy atom. The molecule has 0 radical (unpaired) electrons. The molecule has 0 spiro atoms. The monoisotopic (exact) mass is 604 g/mol. The van der Waals surface area contributed by atoms with Crippen LogP contribution in [0, 0.1) is 40.4 Å². The lowest BCUT2D eigenvalue weighted by Crippen LogP contribution is -2.72. The van der Waals surface area contributed by atoms with Gasteiger partial charge in [-0.15, -0.1) is 0 Å². The van der Waals surface area contributed by atoms with Crippen molar-refractivity contribution in [2.24, 2.45) is 40.4 Å². The SMILES string of the molecule is CC(=O)OC1CC2C(C3OC3C3(O)CC4OC4C(OC(C)=O)C23C)C2CC(O)C(C(C)C3CC(C)=C(CO)C(=O)O3)C12C. The molecule has 16 unspecified atom stereocenters. The average Bonchev–Trinajstić information content (AvgIpc) is 3.83. The molecule has 11 heteroatoms. The Balaban J connectivity index is 1.29. The molecule has 43 heavy (non-hydrogen) atoms. The van der Waals surface area contributed by atoms with Crippen molar-refractivity contribution < 1.29 is 53.4 Å². The Bertz CT molecular complexity index is 1280. The van der Waals surface area contributed by atoms with E-state index in [1.807, 2.05) is 20.8 Å². The van der Waals surface area contributed by atoms with E-state index in [2.05, 4.69) is 6.92 Å². The molecule has 4 saturated carbocycles. The van der Waals surface area contributed by atoms with E-state index in [4.69, 9.17) is 23.7 Å². The van der Waals surface area contributed by atoms with E-state index in [0.717, 1.165) is 5.57 Å². The smallest absolute Gasteiger partial charge is 0.336 e. The van der Waals surface area contributed by atoms with E-state index in [1.54, 1.807) is 0 Å². The average molecular weight is 605 g/mol. The number of carbonyl (C=O) groups excluding carboxylic acids is 3. The first-order chi connectivity index (χ1) is 20.2. The number of cyclic esters (lactones) is 1. The highest BCUT2D eigenvalue weighted by Gasteiger charge is 2.83. The molecule has 16 atom stereocenters. The van der Waals surface area contributed by atoms with Gasteiger partial charge >= 0.3 is 17.9 Å². The second kappa shape index (κ2) is 9.48. The summed E-state index contributed by atoms with van der Waals surface area (Å²) in [6.45, 7) is 10.2. The summed E-state index contributed by atoms with van der Waals surface area (Å²) < 4.78 is 30.2. The maximum Gasteiger partial charge on any atom is 0.336 e. The van der Waals surface area contributed by atoms with Crippen LogP contribution in [0.2, 0.25) is 0 Å². The Morgan fingerprint density at radius 2 is 1.77 bits per heavy atom. The highest BCUT2D eigenvalue weighted by molar-refractivity contribution is 5.90. The first-order valence-electron chi connectivity index (χ1n) is 15.7. The van der Waals surface area contributed by atoms with Crippen LogP contribution in [0.15, 0.2) is 11.1 Å². The first-order valence-corrected chi connectivity index (χ1v) is 15.7. The van der Waals surface area contributed by atoms with E-state index in [9.17, 15) is 29.7 Å². The lowest BCUT2D eigenvalue weighted by molar-refractivity contribution is -0.250. The van der Waals surface area contributed by atoms with Gasteiger partial charge in [0.05, 0.1) is 30.5 Å². The van der Waals surface area contributed by atoms with Gasteiger partial charge < -0.3 is 39.0 Å². The van der Waals surface area contributed by atoms with Crippen LogP contribution in [0.3, 0.4) is 0 Å². The molecule has 11 nitrogen and oxygen atoms in total. The van der Waals surface area contributed by atoms with Gasteiger partial charge in [0.15, 0.2) is 0 Å². The number of ether oxygens (including phenoxy) is 5. The fraction of sp³-hybridized carbons (Fsp3) is 0.844. The molecule has 238 valence electrons. The predicted molar refractivity (Wildman–Crippen MR) is 147 cm³/mol. The van der Waals surface area contributed by atoms with Crippen LogP contribution in [0.5, 0.6) is 0 Å². The highest BCUT2D eigenvalue weighted by atomic mass is 16.6. The second-order valence-electron chi connectivity index (χ2n) is 14.8. The number of hydrogen-bond donors (Lipinski definition) is 3. The Morgan fingerprint density at radius 3 is 2.40 bits per heavy atom. The fourth-order valence-corrected chi connectivity index (χ4v) is 11.1. The van der Waals surface area contributed by atoms with Crippen LogP contribution in [-0.4, -0.2) is 94.3 Å². The first kappa shape index (κ1) is 29.6. The molecule has 3 aliphatic heterocycles. The molecule has 0 aromatic heterocycles. The van der Waals surface area contributed by atoms with Crippen LogP contribution in [0.1, 0.15) is 67.2 Å². The number of aliphatic hydroxyl groups is 3. The molecule has 6 fully saturated rings. The maximum atomic E-state index is 12.7. The lowest BCUT2D eigenvalue weighted by Gasteiger charge is -2.63. The topological polar surface area (TPSA) is 165 Å². The van der Waals surface area contributed by atoms with Crippen molar-refractivity contribution in [1.82, 2.24) is 0 Å². The van der Waals surface area contributed by atoms with Crippen molar-refractivity contribution in [3.63, 3.8) is 0 Å². The minimum absolute atomic E-state index is 0.0937. The summed E-state index contributed by atoms with van der Waals surface area (Å²) in [5.41, 5.74) is -1.88. The van der Waals surface area contributed by atoms with Gasteiger partial charge in [0.2, 0.25) is 0 Å². The largest absolute Gasteiger partial charge is 0.462 e. The van der Waals surface area contributed by atoms with Gasteiger partial charge in [0.1, 0.15) is 36.1 Å². The van der Waals surface area contributed by atoms with Crippen LogP contribution in [-0.2, 0) is 38.1 Å². The molecular formula is C32H44O11. The minimum atomic E-state index is -1.29. The van der Waals surface area contributed by atoms with Crippen LogP contribution in [0.4, 0.5) is 0 Å². The van der Waals surface area contributed by atoms with Gasteiger partial charge in [-0.2, -0.15) is 0 Å². The molecule has 3 N–H and O–H groups in total. The second-order valence-corrected chi connectivity index (χ2v) is 14.8. The molecule has 0 amide bonds. The minimum Gasteiger partial charge on any atom is -0.462 e. The zero-order valence-electron chi connectivity index (χ0n) is 25.6. The van der Waals surface area contributed by atoms with E-state index in [1.165, 1.54) is 13.8 Å². The number of epoxide rings is 2. The van der Waals surface area contributed by atoms with Gasteiger partial charge in [-0.25, -0.2) is 4.79 Å². The molecule has 0 aromatic carbocycles. The third-order valence-corrected chi connectivity index (χ3v) is 13.1. The van der Waals surface area contributed by atoms with Crippen molar-refractivity contribution in [3.8, 4) is 0 Å². The molecule has 0 aromatic rings. The normalized spacial score (nSPS) is 53.3. The van der Waals surface area contributed by atoms with E-state index < -0.39 is 64.9 Å². The summed E-state index contributed by atoms with van der Waals surface area (Å²) in [6.07, 6.45) is -2.13. The summed E-state index contributed by atoms with van der Waals surface area (Å²) in [7, 11) is 0. The lowest BCUT2D eigenvalue weighted by atomic mass is 9.41. The molecule has 3 heterocycles. The molecule has 2 saturated heterocycles. The van der Waals surface area contributed by atoms with E-state index in [-0.39, 0.29) is 60.1 Å². The van der Waals surface area contributed by atoms with Crippen molar-refractivity contribution in [2.45, 2.75) is 122 Å². The van der Waals surface area contributed by atoms with E-state index in [0.29, 0.717) is 25.7 Å². The van der Waals surface area contributed by atoms with Gasteiger partial charge in [-0.3, -0.25) is 9.59 Å². The van der Waals surface area contributed by atoms with Crippen molar-refractivity contribution in [2.75, 3.05) is 6.61 Å². The highest BCUT2D eigenvalue weighted by Crippen LogP contribution is 2.74. The molecule has 4 aliphatic carbocycles. The zero-order valence-corrected chi connectivity index (χ0v) is 25.6. The van der Waals surface area contributed by atoms with Crippen molar-refractivity contribution >= 4 is 17.9 Å². The number of hydrogen-bond acceptors (Lipinski definition) is 11. The van der Waals surface area contributed by atoms with Crippen LogP contribution >= 0.6 is 0 Å². The summed E-state index contributed by atoms with van der Waals surface area (Å²) in [5.74, 6) is -2.56.